The van der Waals surface area contributed by atoms with Gasteiger partial charge in [-0.15, -0.1) is 0 Å². The Hall–Kier alpha value is -2.01. The number of hydrogen-bond donors (Lipinski definition) is 0. The van der Waals surface area contributed by atoms with Crippen molar-refractivity contribution in [1.29, 1.82) is 0 Å². The van der Waals surface area contributed by atoms with Gasteiger partial charge in [0.25, 0.3) is 0 Å². The zero-order chi connectivity index (χ0) is 41.7. The summed E-state index contributed by atoms with van der Waals surface area (Å²) < 4.78 is 158. The van der Waals surface area contributed by atoms with Crippen LogP contribution < -0.4 is 0 Å². The van der Waals surface area contributed by atoms with Crippen molar-refractivity contribution in [3.8, 4) is 0 Å². The second-order valence-corrected chi connectivity index (χ2v) is 23.8. The molecule has 3 atom stereocenters. The van der Waals surface area contributed by atoms with E-state index in [4.69, 9.17) is 0 Å². The first-order valence-corrected chi connectivity index (χ1v) is 25.8. The first-order chi connectivity index (χ1) is 25.8. The van der Waals surface area contributed by atoms with Gasteiger partial charge in [0.1, 0.15) is 30.4 Å². The van der Waals surface area contributed by atoms with Gasteiger partial charge in [0.15, 0.2) is 0 Å². The molecule has 15 nitrogen and oxygen atoms in total. The van der Waals surface area contributed by atoms with Crippen LogP contribution in [0.2, 0.25) is 0 Å². The van der Waals surface area contributed by atoms with E-state index in [2.05, 4.69) is 0 Å². The Kier molecular flexibility index (Phi) is 15.4. The maximum absolute atomic E-state index is 11.3. The SMILES string of the molecule is Cc1ccc(S(=O)(=O)[O-])cc1.O=S(=O)([O-])C12CC3CC(CC(C3)C1)C2.O=S(=O)([O-])C1CC2CCC1C2.O=S(=O)([O-])C1CCCCC1.O=S(=O)([O-])c1ccccc1. The maximum Gasteiger partial charge on any atom is 0.124 e. The molecular formula is C36H49O15S5-5. The average Bonchev–Trinajstić information content (AvgIpc) is 3.73. The highest BCUT2D eigenvalue weighted by atomic mass is 32.2. The Labute approximate surface area is 331 Å². The summed E-state index contributed by atoms with van der Waals surface area (Å²) in [7, 11) is -20.6. The van der Waals surface area contributed by atoms with Gasteiger partial charge in [-0.25, -0.2) is 42.1 Å². The Morgan fingerprint density at radius 1 is 0.500 bits per heavy atom. The fourth-order valence-corrected chi connectivity index (χ4v) is 13.9. The van der Waals surface area contributed by atoms with Crippen LogP contribution >= 0.6 is 0 Å². The van der Waals surface area contributed by atoms with Gasteiger partial charge < -0.3 is 22.8 Å². The zero-order valence-electron chi connectivity index (χ0n) is 31.0. The lowest BCUT2D eigenvalue weighted by molar-refractivity contribution is 0.0299. The monoisotopic (exact) mass is 881 g/mol. The molecule has 7 saturated carbocycles. The van der Waals surface area contributed by atoms with Crippen LogP contribution in [0.3, 0.4) is 0 Å². The molecule has 9 rings (SSSR count). The van der Waals surface area contributed by atoms with Crippen molar-refractivity contribution in [3.63, 3.8) is 0 Å². The molecule has 0 radical (unpaired) electrons. The smallest absolute Gasteiger partial charge is 0.124 e. The van der Waals surface area contributed by atoms with Gasteiger partial charge in [-0.1, -0.05) is 61.6 Å². The predicted molar refractivity (Wildman–Crippen MR) is 200 cm³/mol. The number of aryl methyl sites for hydroxylation is 1. The van der Waals surface area contributed by atoms with Gasteiger partial charge in [-0.05, 0) is 131 Å². The number of hydrogen-bond acceptors (Lipinski definition) is 15. The van der Waals surface area contributed by atoms with E-state index in [9.17, 15) is 64.9 Å². The van der Waals surface area contributed by atoms with Crippen molar-refractivity contribution < 1.29 is 64.9 Å². The molecule has 2 aromatic carbocycles. The van der Waals surface area contributed by atoms with Crippen LogP contribution in [-0.4, -0.2) is 80.1 Å². The summed E-state index contributed by atoms with van der Waals surface area (Å²) >= 11 is 0. The topological polar surface area (TPSA) is 286 Å². The molecule has 0 amide bonds. The lowest BCUT2D eigenvalue weighted by Gasteiger charge is -2.57. The molecule has 2 aromatic rings. The fourth-order valence-electron chi connectivity index (χ4n) is 9.52. The van der Waals surface area contributed by atoms with Crippen LogP contribution in [0.5, 0.6) is 0 Å². The summed E-state index contributed by atoms with van der Waals surface area (Å²) in [5.74, 6) is 2.33. The van der Waals surface area contributed by atoms with E-state index >= 15 is 0 Å². The van der Waals surface area contributed by atoms with E-state index in [0.29, 0.717) is 62.2 Å². The molecule has 3 unspecified atom stereocenters. The first kappa shape index (κ1) is 46.7. The van der Waals surface area contributed by atoms with Gasteiger partial charge in [0.2, 0.25) is 0 Å². The van der Waals surface area contributed by atoms with Crippen molar-refractivity contribution >= 4 is 50.6 Å². The van der Waals surface area contributed by atoms with Crippen LogP contribution in [0, 0.1) is 36.5 Å². The normalized spacial score (nSPS) is 29.6. The van der Waals surface area contributed by atoms with Crippen LogP contribution in [-0.2, 0) is 50.6 Å². The minimum absolute atomic E-state index is 0.178. The summed E-state index contributed by atoms with van der Waals surface area (Å²) in [5.41, 5.74) is 0.928. The standard InChI is InChI=1S/C10H16O3S.C7H12O3S.C7H8O3S.C6H12O3S.C6H6O3S/c11-14(12,13)10-4-7-1-8(5-10)3-9(2-7)6-10;8-11(9,10)7-4-5-1-2-6(7)3-5;1-6-2-4-7(5-3-6)11(8,9)10;2*7-10(8,9)6-4-2-1-3-5-6/h7-9H,1-6H2,(H,11,12,13);5-7H,1-4H2,(H,8,9,10);2-5H,1H3,(H,8,9,10);6H,1-5H2,(H,7,8,9);1-5H,(H,7,8,9)/p-5. The van der Waals surface area contributed by atoms with Crippen LogP contribution in [0.25, 0.3) is 0 Å². The lowest BCUT2D eigenvalue weighted by atomic mass is 9.56. The highest BCUT2D eigenvalue weighted by molar-refractivity contribution is 7.87. The highest BCUT2D eigenvalue weighted by Gasteiger charge is 2.54. The number of fused-ring (bicyclic) bond motifs is 2. The summed E-state index contributed by atoms with van der Waals surface area (Å²) in [6, 6.07) is 13.0. The molecule has 0 aromatic heterocycles. The molecule has 0 heterocycles. The number of rotatable bonds is 5. The molecule has 7 aliphatic carbocycles. The quantitative estimate of drug-likeness (QED) is 0.372. The van der Waals surface area contributed by atoms with E-state index in [1.165, 1.54) is 55.7 Å². The van der Waals surface area contributed by atoms with E-state index in [1.54, 1.807) is 18.2 Å². The van der Waals surface area contributed by atoms with Gasteiger partial charge in [0.05, 0.1) is 40.0 Å². The molecule has 56 heavy (non-hydrogen) atoms. The van der Waals surface area contributed by atoms with Crippen LogP contribution in [0.4, 0.5) is 0 Å². The molecule has 0 N–H and O–H groups in total. The van der Waals surface area contributed by atoms with E-state index in [0.717, 1.165) is 44.1 Å². The third-order valence-corrected chi connectivity index (χ3v) is 17.7. The Balaban J connectivity index is 0.000000157. The fraction of sp³-hybridized carbons (Fsp3) is 0.667. The molecule has 318 valence electrons. The second-order valence-electron chi connectivity index (χ2n) is 16.0. The maximum atomic E-state index is 11.3. The van der Waals surface area contributed by atoms with Crippen LogP contribution in [0.15, 0.2) is 64.4 Å². The minimum Gasteiger partial charge on any atom is -0.748 e. The molecule has 6 bridgehead atoms. The lowest BCUT2D eigenvalue weighted by Crippen LogP contribution is -2.54. The molecule has 20 heteroatoms. The summed E-state index contributed by atoms with van der Waals surface area (Å²) in [6.45, 7) is 1.82. The van der Waals surface area contributed by atoms with Crippen molar-refractivity contribution in [2.75, 3.05) is 0 Å². The predicted octanol–water partition coefficient (Wildman–Crippen LogP) is 4.57. The van der Waals surface area contributed by atoms with Gasteiger partial charge >= 0.3 is 0 Å². The molecule has 0 aliphatic heterocycles. The summed E-state index contributed by atoms with van der Waals surface area (Å²) in [6.07, 6.45) is 13.2. The molecule has 0 saturated heterocycles. The van der Waals surface area contributed by atoms with Gasteiger partial charge in [0, 0.05) is 5.25 Å². The van der Waals surface area contributed by atoms with Gasteiger partial charge in [-0.2, -0.15) is 0 Å². The summed E-state index contributed by atoms with van der Waals surface area (Å²) in [5, 5.41) is -1.12. The van der Waals surface area contributed by atoms with Crippen molar-refractivity contribution in [2.24, 2.45) is 29.6 Å². The third-order valence-electron chi connectivity index (χ3n) is 11.9. The van der Waals surface area contributed by atoms with E-state index in [-0.39, 0.29) is 15.7 Å². The molecule has 7 fully saturated rings. The minimum atomic E-state index is -4.27. The first-order valence-electron chi connectivity index (χ1n) is 18.7. The third kappa shape index (κ3) is 13.3. The van der Waals surface area contributed by atoms with Crippen molar-refractivity contribution in [3.05, 3.63) is 60.2 Å². The van der Waals surface area contributed by atoms with Crippen molar-refractivity contribution in [2.45, 2.75) is 128 Å². The highest BCUT2D eigenvalue weighted by Crippen LogP contribution is 2.58. The van der Waals surface area contributed by atoms with E-state index in [1.807, 2.05) is 6.92 Å². The van der Waals surface area contributed by atoms with E-state index < -0.39 is 65.8 Å². The molecular weight excluding hydrogens is 833 g/mol. The number of benzene rings is 2. The average molecular weight is 882 g/mol. The van der Waals surface area contributed by atoms with Gasteiger partial charge in [-0.3, -0.25) is 0 Å². The van der Waals surface area contributed by atoms with Crippen molar-refractivity contribution in [1.82, 2.24) is 0 Å². The molecule has 0 spiro atoms. The Morgan fingerprint density at radius 2 is 0.964 bits per heavy atom. The molecule has 7 aliphatic rings. The zero-order valence-corrected chi connectivity index (χ0v) is 35.1. The second kappa shape index (κ2) is 18.5. The summed E-state index contributed by atoms with van der Waals surface area (Å²) in [4.78, 5) is -0.363. The Bertz CT molecular complexity index is 2130. The largest absolute Gasteiger partial charge is 0.748 e. The Morgan fingerprint density at radius 3 is 1.27 bits per heavy atom. The van der Waals surface area contributed by atoms with Crippen LogP contribution in [0.1, 0.15) is 102 Å².